The molecule has 0 fully saturated rings. The first-order valence-electron chi connectivity index (χ1n) is 3.20. The van der Waals surface area contributed by atoms with Gasteiger partial charge in [-0.15, -0.1) is 11.8 Å². The van der Waals surface area contributed by atoms with Crippen molar-refractivity contribution in [2.24, 2.45) is 0 Å². The molecule has 0 aromatic rings. The van der Waals surface area contributed by atoms with Gasteiger partial charge in [0.2, 0.25) is 0 Å². The third-order valence-corrected chi connectivity index (χ3v) is 2.63. The monoisotopic (exact) mass is 141 g/mol. The summed E-state index contributed by atoms with van der Waals surface area (Å²) in [7, 11) is 0. The van der Waals surface area contributed by atoms with E-state index >= 15 is 0 Å². The summed E-state index contributed by atoms with van der Waals surface area (Å²) in [5.74, 6) is 0.965. The quantitative estimate of drug-likeness (QED) is 0.531. The summed E-state index contributed by atoms with van der Waals surface area (Å²) in [5.41, 5.74) is 1.36. The maximum atomic E-state index is 4.36. The standard InChI is InChI=1S/C6H9N2S/c1-2-7-3-6-5(1)8-4-9-6/h7H,1-4H2. The van der Waals surface area contributed by atoms with Gasteiger partial charge >= 0.3 is 0 Å². The van der Waals surface area contributed by atoms with Gasteiger partial charge < -0.3 is 5.32 Å². The van der Waals surface area contributed by atoms with Gasteiger partial charge in [-0.2, -0.15) is 0 Å². The van der Waals surface area contributed by atoms with Crippen molar-refractivity contribution in [1.29, 1.82) is 0 Å². The van der Waals surface area contributed by atoms with E-state index in [1.807, 2.05) is 11.8 Å². The van der Waals surface area contributed by atoms with Crippen LogP contribution in [0.5, 0.6) is 0 Å². The molecule has 2 aliphatic heterocycles. The van der Waals surface area contributed by atoms with Gasteiger partial charge in [-0.1, -0.05) is 0 Å². The van der Waals surface area contributed by atoms with E-state index in [0.29, 0.717) is 0 Å². The fourth-order valence-electron chi connectivity index (χ4n) is 1.14. The summed E-state index contributed by atoms with van der Waals surface area (Å²) in [5, 5.41) is 7.68. The maximum Gasteiger partial charge on any atom is 0.0891 e. The molecule has 1 radical (unpaired) electrons. The van der Waals surface area contributed by atoms with Gasteiger partial charge in [-0.25, -0.2) is 0 Å². The van der Waals surface area contributed by atoms with Crippen molar-refractivity contribution in [3.8, 4) is 0 Å². The SMILES string of the molecule is C1CC2=C(CN1)SC[N]2. The van der Waals surface area contributed by atoms with E-state index in [1.54, 1.807) is 0 Å². The first-order chi connectivity index (χ1) is 4.47. The molecule has 0 aromatic heterocycles. The second kappa shape index (κ2) is 2.23. The van der Waals surface area contributed by atoms with E-state index in [4.69, 9.17) is 0 Å². The molecule has 0 aromatic carbocycles. The van der Waals surface area contributed by atoms with Crippen LogP contribution in [-0.4, -0.2) is 19.0 Å². The third-order valence-electron chi connectivity index (χ3n) is 1.64. The Bertz CT molecular complexity index is 137. The first-order valence-corrected chi connectivity index (χ1v) is 4.18. The zero-order valence-corrected chi connectivity index (χ0v) is 6.00. The molecule has 2 aliphatic rings. The lowest BCUT2D eigenvalue weighted by Gasteiger charge is -2.12. The predicted octanol–water partition coefficient (Wildman–Crippen LogP) is 0.500. The van der Waals surface area contributed by atoms with Crippen LogP contribution >= 0.6 is 11.8 Å². The topological polar surface area (TPSA) is 26.1 Å². The predicted molar refractivity (Wildman–Crippen MR) is 39.1 cm³/mol. The molecule has 0 spiro atoms. The van der Waals surface area contributed by atoms with Crippen molar-refractivity contribution < 1.29 is 0 Å². The molecule has 0 aliphatic carbocycles. The molecule has 0 bridgehead atoms. The molecule has 2 nitrogen and oxygen atoms in total. The molecular weight excluding hydrogens is 132 g/mol. The number of nitrogens with one attached hydrogen (secondary N) is 1. The Balaban J connectivity index is 2.17. The average Bonchev–Trinajstić information content (AvgIpc) is 2.33. The molecule has 3 heteroatoms. The van der Waals surface area contributed by atoms with E-state index in [2.05, 4.69) is 10.6 Å². The fourth-order valence-corrected chi connectivity index (χ4v) is 2.05. The molecule has 0 amide bonds. The Hall–Kier alpha value is -0.150. The maximum absolute atomic E-state index is 4.36. The van der Waals surface area contributed by atoms with Crippen LogP contribution < -0.4 is 10.6 Å². The van der Waals surface area contributed by atoms with Crippen molar-refractivity contribution in [2.45, 2.75) is 6.42 Å². The van der Waals surface area contributed by atoms with E-state index < -0.39 is 0 Å². The van der Waals surface area contributed by atoms with Gasteiger partial charge in [0.1, 0.15) is 0 Å². The van der Waals surface area contributed by atoms with Gasteiger partial charge in [0, 0.05) is 30.1 Å². The minimum Gasteiger partial charge on any atom is -0.312 e. The highest BCUT2D eigenvalue weighted by atomic mass is 32.2. The summed E-state index contributed by atoms with van der Waals surface area (Å²) in [6, 6.07) is 0. The lowest BCUT2D eigenvalue weighted by molar-refractivity contribution is 0.668. The minimum absolute atomic E-state index is 0.965. The lowest BCUT2D eigenvalue weighted by Crippen LogP contribution is -2.23. The molecule has 0 unspecified atom stereocenters. The second-order valence-corrected chi connectivity index (χ2v) is 3.27. The van der Waals surface area contributed by atoms with Crippen molar-refractivity contribution in [2.75, 3.05) is 19.0 Å². The van der Waals surface area contributed by atoms with Crippen LogP contribution in [-0.2, 0) is 0 Å². The van der Waals surface area contributed by atoms with Crippen LogP contribution in [0.4, 0.5) is 0 Å². The van der Waals surface area contributed by atoms with Crippen LogP contribution in [0.3, 0.4) is 0 Å². The van der Waals surface area contributed by atoms with Gasteiger partial charge in [-0.05, 0) is 0 Å². The van der Waals surface area contributed by atoms with Gasteiger partial charge in [0.15, 0.2) is 0 Å². The van der Waals surface area contributed by atoms with Crippen molar-refractivity contribution >= 4 is 11.8 Å². The normalized spacial score (nSPS) is 25.8. The number of hydrogen-bond donors (Lipinski definition) is 1. The fraction of sp³-hybridized carbons (Fsp3) is 0.667. The smallest absolute Gasteiger partial charge is 0.0891 e. The van der Waals surface area contributed by atoms with Crippen LogP contribution in [0.1, 0.15) is 6.42 Å². The molecule has 49 valence electrons. The van der Waals surface area contributed by atoms with Crippen LogP contribution in [0.2, 0.25) is 0 Å². The van der Waals surface area contributed by atoms with Crippen LogP contribution in [0.25, 0.3) is 0 Å². The molecule has 9 heavy (non-hydrogen) atoms. The zero-order valence-electron chi connectivity index (χ0n) is 5.18. The highest BCUT2D eigenvalue weighted by Gasteiger charge is 2.18. The van der Waals surface area contributed by atoms with E-state index in [0.717, 1.165) is 25.4 Å². The molecule has 0 saturated heterocycles. The Morgan fingerprint density at radius 1 is 1.56 bits per heavy atom. The molecule has 1 N–H and O–H groups in total. The first kappa shape index (κ1) is 5.62. The second-order valence-electron chi connectivity index (χ2n) is 2.23. The molecule has 0 saturated carbocycles. The summed E-state index contributed by atoms with van der Waals surface area (Å²) in [6.45, 7) is 2.17. The van der Waals surface area contributed by atoms with Gasteiger partial charge in [-0.3, -0.25) is 5.32 Å². The minimum atomic E-state index is 0.965. The zero-order chi connectivity index (χ0) is 6.10. The number of rotatable bonds is 0. The summed E-state index contributed by atoms with van der Waals surface area (Å²) >= 11 is 1.88. The third kappa shape index (κ3) is 0.946. The van der Waals surface area contributed by atoms with Gasteiger partial charge in [0.05, 0.1) is 5.88 Å². The Kier molecular flexibility index (Phi) is 1.39. The Morgan fingerprint density at radius 2 is 2.56 bits per heavy atom. The van der Waals surface area contributed by atoms with E-state index in [9.17, 15) is 0 Å². The number of hydrogen-bond acceptors (Lipinski definition) is 2. The Labute approximate surface area is 59.1 Å². The summed E-state index contributed by atoms with van der Waals surface area (Å²) < 4.78 is 0. The van der Waals surface area contributed by atoms with Crippen LogP contribution in [0, 0.1) is 0 Å². The number of nitrogens with zero attached hydrogens (tertiary/aromatic N) is 1. The van der Waals surface area contributed by atoms with E-state index in [1.165, 1.54) is 10.6 Å². The highest BCUT2D eigenvalue weighted by Crippen LogP contribution is 2.28. The van der Waals surface area contributed by atoms with Crippen molar-refractivity contribution in [3.63, 3.8) is 0 Å². The highest BCUT2D eigenvalue weighted by molar-refractivity contribution is 8.03. The van der Waals surface area contributed by atoms with E-state index in [-0.39, 0.29) is 0 Å². The summed E-state index contributed by atoms with van der Waals surface area (Å²) in [6.07, 6.45) is 1.14. The average molecular weight is 141 g/mol. The van der Waals surface area contributed by atoms with Crippen molar-refractivity contribution in [1.82, 2.24) is 10.6 Å². The lowest BCUT2D eigenvalue weighted by atomic mass is 10.2. The number of thioether (sulfide) groups is 1. The Morgan fingerprint density at radius 3 is 3.44 bits per heavy atom. The largest absolute Gasteiger partial charge is 0.312 e. The van der Waals surface area contributed by atoms with Crippen molar-refractivity contribution in [3.05, 3.63) is 10.6 Å². The van der Waals surface area contributed by atoms with Crippen LogP contribution in [0.15, 0.2) is 10.6 Å². The molecule has 0 atom stereocenters. The van der Waals surface area contributed by atoms with Gasteiger partial charge in [0.25, 0.3) is 0 Å². The summed E-state index contributed by atoms with van der Waals surface area (Å²) in [4.78, 5) is 1.47. The molecule has 2 rings (SSSR count). The molecular formula is C6H9N2S. The molecule has 2 heterocycles.